The van der Waals surface area contributed by atoms with Crippen molar-refractivity contribution < 1.29 is 18.8 Å². The van der Waals surface area contributed by atoms with Gasteiger partial charge in [-0.05, 0) is 70.2 Å². The summed E-state index contributed by atoms with van der Waals surface area (Å²) in [7, 11) is -3.43. The number of halogens is 1. The van der Waals surface area contributed by atoms with Gasteiger partial charge in [-0.25, -0.2) is 0 Å². The van der Waals surface area contributed by atoms with Gasteiger partial charge in [-0.1, -0.05) is 64.2 Å². The number of para-hydroxylation sites is 1. The molecule has 0 bridgehead atoms. The Bertz CT molecular complexity index is 1380. The van der Waals surface area contributed by atoms with Gasteiger partial charge in [0, 0.05) is 15.9 Å². The highest BCUT2D eigenvalue weighted by Crippen LogP contribution is 2.53. The van der Waals surface area contributed by atoms with Crippen LogP contribution in [0.4, 0.5) is 0 Å². The van der Waals surface area contributed by atoms with E-state index in [-0.39, 0.29) is 11.8 Å². The summed E-state index contributed by atoms with van der Waals surface area (Å²) in [6.45, 7) is 8.04. The molecule has 0 unspecified atom stereocenters. The van der Waals surface area contributed by atoms with Gasteiger partial charge in [-0.15, -0.1) is 0 Å². The van der Waals surface area contributed by atoms with Crippen molar-refractivity contribution in [1.29, 1.82) is 0 Å². The van der Waals surface area contributed by atoms with Crippen LogP contribution < -0.4 is 30.1 Å². The van der Waals surface area contributed by atoms with Crippen LogP contribution in [-0.4, -0.2) is 6.79 Å². The Labute approximate surface area is 210 Å². The largest absolute Gasteiger partial charge is 0.453 e. The van der Waals surface area contributed by atoms with Gasteiger partial charge in [0.15, 0.2) is 18.6 Å². The zero-order valence-electron chi connectivity index (χ0n) is 20.1. The van der Waals surface area contributed by atoms with E-state index in [2.05, 4.69) is 12.1 Å². The zero-order chi connectivity index (χ0) is 24.7. The highest BCUT2D eigenvalue weighted by Gasteiger charge is 2.38. The lowest BCUT2D eigenvalue weighted by Crippen LogP contribution is -2.27. The molecule has 0 spiro atoms. The van der Waals surface area contributed by atoms with Gasteiger partial charge in [0.25, 0.3) is 0 Å². The summed E-state index contributed by atoms with van der Waals surface area (Å²) >= 11 is 6.94. The van der Waals surface area contributed by atoms with Gasteiger partial charge in [-0.2, -0.15) is 0 Å². The fourth-order valence-electron chi connectivity index (χ4n) is 4.61. The Hall–Kier alpha value is -3.20. The number of hydrogen-bond acceptors (Lipinski definition) is 4. The molecule has 0 aromatic heterocycles. The van der Waals surface area contributed by atoms with Crippen molar-refractivity contribution in [1.82, 2.24) is 0 Å². The van der Waals surface area contributed by atoms with Crippen LogP contribution in [0, 0.1) is 27.7 Å². The van der Waals surface area contributed by atoms with Gasteiger partial charge in [0.2, 0.25) is 12.5 Å². The van der Waals surface area contributed by atoms with Crippen molar-refractivity contribution in [3.8, 4) is 23.0 Å². The van der Waals surface area contributed by atoms with Crippen LogP contribution in [0.5, 0.6) is 23.0 Å². The lowest BCUT2D eigenvalue weighted by molar-refractivity contribution is 0.172. The van der Waals surface area contributed by atoms with E-state index in [1.165, 1.54) is 0 Å². The van der Waals surface area contributed by atoms with E-state index >= 15 is 4.57 Å². The molecule has 1 heterocycles. The fraction of sp³-hybridized carbons (Fsp3) is 0.172. The van der Waals surface area contributed by atoms with E-state index in [0.29, 0.717) is 38.9 Å². The molecule has 0 saturated heterocycles. The molecule has 5 rings (SSSR count). The molecule has 178 valence electrons. The Morgan fingerprint density at radius 3 is 1.80 bits per heavy atom. The van der Waals surface area contributed by atoms with Crippen molar-refractivity contribution in [3.05, 3.63) is 100 Å². The van der Waals surface area contributed by atoms with Crippen molar-refractivity contribution in [2.75, 3.05) is 6.79 Å². The van der Waals surface area contributed by atoms with Gasteiger partial charge >= 0.3 is 0 Å². The molecule has 35 heavy (non-hydrogen) atoms. The lowest BCUT2D eigenvalue weighted by atomic mass is 10.2. The Morgan fingerprint density at radius 1 is 0.743 bits per heavy atom. The topological polar surface area (TPSA) is 44.8 Å². The van der Waals surface area contributed by atoms with Crippen LogP contribution in [-0.2, 0) is 4.57 Å². The fourth-order valence-corrected chi connectivity index (χ4v) is 8.23. The quantitative estimate of drug-likeness (QED) is 0.282. The molecule has 6 heteroatoms. The molecule has 0 N–H and O–H groups in total. The van der Waals surface area contributed by atoms with Crippen molar-refractivity contribution in [2.24, 2.45) is 0 Å². The summed E-state index contributed by atoms with van der Waals surface area (Å²) in [5.41, 5.74) is 4.12. The molecule has 0 aliphatic carbocycles. The molecular formula is C29H26ClO4P. The number of hydrogen-bond donors (Lipinski definition) is 0. The van der Waals surface area contributed by atoms with E-state index < -0.39 is 7.14 Å². The molecular weight excluding hydrogens is 479 g/mol. The van der Waals surface area contributed by atoms with E-state index in [4.69, 9.17) is 25.8 Å². The summed E-state index contributed by atoms with van der Waals surface area (Å²) < 4.78 is 33.1. The summed E-state index contributed by atoms with van der Waals surface area (Å²) in [6.07, 6.45) is 0. The average Bonchev–Trinajstić information content (AvgIpc) is 3.31. The Morgan fingerprint density at radius 2 is 1.26 bits per heavy atom. The number of fused-ring (bicyclic) bond motifs is 1. The normalized spacial score (nSPS) is 12.6. The smallest absolute Gasteiger partial charge is 0.231 e. The van der Waals surface area contributed by atoms with E-state index in [1.807, 2.05) is 82.3 Å². The maximum Gasteiger partial charge on any atom is 0.231 e. The van der Waals surface area contributed by atoms with Crippen LogP contribution in [0.1, 0.15) is 22.3 Å². The SMILES string of the molecule is Cc1cc(C)cc(P(=O)(c2cc(C)cc(C)c2)c2cc(Oc3ccccc3)c3c(c2Cl)OCO3)c1. The summed E-state index contributed by atoms with van der Waals surface area (Å²) in [5.74, 6) is 1.81. The average molecular weight is 505 g/mol. The Balaban J connectivity index is 1.82. The van der Waals surface area contributed by atoms with Gasteiger partial charge < -0.3 is 18.8 Å². The first-order valence-electron chi connectivity index (χ1n) is 11.4. The molecule has 0 amide bonds. The molecule has 0 saturated carbocycles. The van der Waals surface area contributed by atoms with Crippen molar-refractivity contribution in [2.45, 2.75) is 27.7 Å². The highest BCUT2D eigenvalue weighted by atomic mass is 35.5. The first kappa shape index (κ1) is 23.5. The maximum atomic E-state index is 15.4. The molecule has 4 aromatic rings. The van der Waals surface area contributed by atoms with Crippen LogP contribution in [0.25, 0.3) is 0 Å². The number of aryl methyl sites for hydroxylation is 4. The van der Waals surface area contributed by atoms with Crippen molar-refractivity contribution in [3.63, 3.8) is 0 Å². The maximum absolute atomic E-state index is 15.4. The predicted molar refractivity (Wildman–Crippen MR) is 142 cm³/mol. The molecule has 0 atom stereocenters. The third kappa shape index (κ3) is 4.33. The molecule has 4 aromatic carbocycles. The summed E-state index contributed by atoms with van der Waals surface area (Å²) in [5, 5.41) is 2.17. The third-order valence-electron chi connectivity index (χ3n) is 5.98. The van der Waals surface area contributed by atoms with E-state index in [1.54, 1.807) is 6.07 Å². The standard InChI is InChI=1S/C29H26ClO4P/c1-18-10-19(2)13-23(12-18)35(31,24-14-20(3)11-21(4)15-24)26-16-25(34-22-8-6-5-7-9-22)28-29(27(26)30)33-17-32-28/h5-16H,17H2,1-4H3. The first-order chi connectivity index (χ1) is 16.8. The second kappa shape index (κ2) is 9.11. The van der Waals surface area contributed by atoms with Crippen LogP contribution in [0.3, 0.4) is 0 Å². The minimum Gasteiger partial charge on any atom is -0.453 e. The highest BCUT2D eigenvalue weighted by molar-refractivity contribution is 7.85. The van der Waals surface area contributed by atoms with E-state index in [0.717, 1.165) is 22.3 Å². The molecule has 0 radical (unpaired) electrons. The number of rotatable bonds is 5. The summed E-state index contributed by atoms with van der Waals surface area (Å²) in [4.78, 5) is 0. The second-order valence-corrected chi connectivity index (χ2v) is 12.1. The zero-order valence-corrected chi connectivity index (χ0v) is 21.7. The monoisotopic (exact) mass is 504 g/mol. The lowest BCUT2D eigenvalue weighted by Gasteiger charge is -2.24. The Kier molecular flexibility index (Phi) is 6.13. The predicted octanol–water partition coefficient (Wildman–Crippen LogP) is 6.73. The van der Waals surface area contributed by atoms with Gasteiger partial charge in [0.05, 0.1) is 5.02 Å². The summed E-state index contributed by atoms with van der Waals surface area (Å²) in [6, 6.07) is 23.2. The van der Waals surface area contributed by atoms with Gasteiger partial charge in [0.1, 0.15) is 5.75 Å². The second-order valence-electron chi connectivity index (χ2n) is 8.99. The molecule has 0 fully saturated rings. The van der Waals surface area contributed by atoms with Crippen molar-refractivity contribution >= 4 is 34.7 Å². The number of ether oxygens (including phenoxy) is 3. The molecule has 4 nitrogen and oxygen atoms in total. The minimum absolute atomic E-state index is 0.0149. The van der Waals surface area contributed by atoms with Crippen LogP contribution in [0.2, 0.25) is 5.02 Å². The molecule has 1 aliphatic rings. The third-order valence-corrected chi connectivity index (χ3v) is 9.49. The minimum atomic E-state index is -3.43. The first-order valence-corrected chi connectivity index (χ1v) is 13.5. The molecule has 1 aliphatic heterocycles. The van der Waals surface area contributed by atoms with Crippen LogP contribution >= 0.6 is 18.7 Å². The van der Waals surface area contributed by atoms with E-state index in [9.17, 15) is 0 Å². The van der Waals surface area contributed by atoms with Crippen LogP contribution in [0.15, 0.2) is 72.8 Å². The van der Waals surface area contributed by atoms with Gasteiger partial charge in [-0.3, -0.25) is 0 Å². The number of benzene rings is 4.